The van der Waals surface area contributed by atoms with E-state index in [0.717, 1.165) is 12.8 Å². The van der Waals surface area contributed by atoms with Gasteiger partial charge in [0.25, 0.3) is 0 Å². The van der Waals surface area contributed by atoms with Crippen LogP contribution >= 0.6 is 0 Å². The third kappa shape index (κ3) is 7.86. The highest BCUT2D eigenvalue weighted by Gasteiger charge is 2.65. The number of rotatable bonds is 18. The molecule has 0 aromatic carbocycles. The second-order valence-corrected chi connectivity index (χ2v) is 24.6. The molecule has 12 fully saturated rings. The minimum atomic E-state index is -1.01. The number of carbonyl (C=O) groups is 7. The van der Waals surface area contributed by atoms with Gasteiger partial charge in [-0.05, 0) is 151 Å². The fourth-order valence-electron chi connectivity index (χ4n) is 17.6. The minimum Gasteiger partial charge on any atom is -0.481 e. The SMILES string of the molecule is CCC(CC(CC(CC(C)C(=O)OC12CC3CC(CC(O)(C3)C1)C2)C(=O)OC1C2CC3C(=O)OC1C3C2)C(=O)OC1CC2CC1CC21CCOC1=O)C(=O)OC1CC2CC1CC2(CO)CC(=O)O. The lowest BCUT2D eigenvalue weighted by molar-refractivity contribution is -0.222. The Bertz CT molecular complexity index is 2090. The predicted octanol–water partition coefficient (Wildman–Crippen LogP) is 5.24. The molecule has 10 aliphatic carbocycles. The first-order valence-electron chi connectivity index (χ1n) is 26.2. The van der Waals surface area contributed by atoms with Crippen molar-refractivity contribution < 1.29 is 77.3 Å². The zero-order valence-corrected chi connectivity index (χ0v) is 39.5. The van der Waals surface area contributed by atoms with Crippen LogP contribution in [0.1, 0.15) is 142 Å². The molecule has 10 saturated carbocycles. The second-order valence-electron chi connectivity index (χ2n) is 24.6. The molecule has 10 bridgehead atoms. The van der Waals surface area contributed by atoms with Gasteiger partial charge < -0.3 is 43.7 Å². The van der Waals surface area contributed by atoms with Gasteiger partial charge >= 0.3 is 41.8 Å². The predicted molar refractivity (Wildman–Crippen MR) is 233 cm³/mol. The normalized spacial score (nSPS) is 45.6. The van der Waals surface area contributed by atoms with Gasteiger partial charge in [0.15, 0.2) is 0 Å². The van der Waals surface area contributed by atoms with Crippen LogP contribution in [0.4, 0.5) is 0 Å². The molecule has 2 heterocycles. The van der Waals surface area contributed by atoms with Crippen molar-refractivity contribution in [2.24, 2.45) is 87.8 Å². The van der Waals surface area contributed by atoms with Crippen molar-refractivity contribution >= 4 is 41.8 Å². The first-order valence-corrected chi connectivity index (χ1v) is 26.2. The van der Waals surface area contributed by atoms with Gasteiger partial charge in [-0.1, -0.05) is 13.8 Å². The lowest BCUT2D eigenvalue weighted by Gasteiger charge is -2.59. The van der Waals surface area contributed by atoms with E-state index >= 15 is 0 Å². The van der Waals surface area contributed by atoms with E-state index in [-0.39, 0.29) is 97.5 Å². The number of carboxylic acid groups (broad SMARTS) is 1. The van der Waals surface area contributed by atoms with Gasteiger partial charge in [-0.2, -0.15) is 0 Å². The number of esters is 6. The molecule has 374 valence electrons. The summed E-state index contributed by atoms with van der Waals surface area (Å²) in [6.45, 7) is 3.69. The third-order valence-corrected chi connectivity index (χ3v) is 20.4. The maximum absolute atomic E-state index is 14.8. The largest absolute Gasteiger partial charge is 0.481 e. The Balaban J connectivity index is 0.833. The Hall–Kier alpha value is -3.79. The van der Waals surface area contributed by atoms with Crippen LogP contribution in [0.2, 0.25) is 0 Å². The topological polar surface area (TPSA) is 236 Å². The summed E-state index contributed by atoms with van der Waals surface area (Å²) in [6, 6.07) is 0. The Kier molecular flexibility index (Phi) is 11.6. The quantitative estimate of drug-likeness (QED) is 0.118. The molecule has 12 rings (SSSR count). The number of hydrogen-bond acceptors (Lipinski definition) is 15. The number of aliphatic carboxylic acids is 1. The average Bonchev–Trinajstić information content (AvgIpc) is 4.16. The van der Waals surface area contributed by atoms with Crippen molar-refractivity contribution in [1.29, 1.82) is 0 Å². The highest BCUT2D eigenvalue weighted by atomic mass is 16.6. The number of cyclic esters (lactones) is 1. The summed E-state index contributed by atoms with van der Waals surface area (Å²) in [5, 5.41) is 31.3. The van der Waals surface area contributed by atoms with E-state index in [4.69, 9.17) is 28.4 Å². The molecule has 19 unspecified atom stereocenters. The van der Waals surface area contributed by atoms with Crippen LogP contribution < -0.4 is 0 Å². The van der Waals surface area contributed by atoms with Crippen LogP contribution in [0.3, 0.4) is 0 Å². The monoisotopic (exact) mass is 950 g/mol. The van der Waals surface area contributed by atoms with E-state index in [2.05, 4.69) is 0 Å². The van der Waals surface area contributed by atoms with Crippen LogP contribution in [0.5, 0.6) is 0 Å². The van der Waals surface area contributed by atoms with Crippen molar-refractivity contribution in [3.63, 3.8) is 0 Å². The summed E-state index contributed by atoms with van der Waals surface area (Å²) in [6.07, 6.45) is 7.43. The molecule has 0 radical (unpaired) electrons. The van der Waals surface area contributed by atoms with Gasteiger partial charge in [-0.3, -0.25) is 33.6 Å². The summed E-state index contributed by atoms with van der Waals surface area (Å²) < 4.78 is 36.5. The average molecular weight is 951 g/mol. The smallest absolute Gasteiger partial charge is 0.312 e. The molecule has 16 nitrogen and oxygen atoms in total. The molecule has 1 spiro atoms. The molecule has 2 aliphatic heterocycles. The van der Waals surface area contributed by atoms with Gasteiger partial charge in [0.2, 0.25) is 0 Å². The van der Waals surface area contributed by atoms with E-state index in [1.54, 1.807) is 6.92 Å². The Morgan fingerprint density at radius 1 is 0.735 bits per heavy atom. The number of carbonyl (C=O) groups excluding carboxylic acids is 6. The summed E-state index contributed by atoms with van der Waals surface area (Å²) in [5.74, 6) is -7.09. The summed E-state index contributed by atoms with van der Waals surface area (Å²) in [7, 11) is 0. The van der Waals surface area contributed by atoms with Crippen molar-refractivity contribution in [2.75, 3.05) is 13.2 Å². The molecule has 2 saturated heterocycles. The van der Waals surface area contributed by atoms with E-state index < -0.39 is 100.0 Å². The molecule has 16 heteroatoms. The zero-order valence-electron chi connectivity index (χ0n) is 39.5. The fraction of sp³-hybridized carbons (Fsp3) is 0.865. The molecule has 68 heavy (non-hydrogen) atoms. The van der Waals surface area contributed by atoms with E-state index in [0.29, 0.717) is 96.5 Å². The molecule has 3 N–H and O–H groups in total. The van der Waals surface area contributed by atoms with Crippen molar-refractivity contribution in [3.8, 4) is 0 Å². The Labute approximate surface area is 396 Å². The molecular weight excluding hydrogens is 881 g/mol. The standard InChI is InChI=1S/C52H70O16/c1-3-28(44(57)64-38-14-34-10-32(38)20-49(34,24-53)22-40(54)55)8-31(45(58)65-39-15-35-11-33(39)21-52(35)4-5-63-48(52)61)9-30(46(59)66-41-29-12-36-37(13-29)47(60)67-42(36)41)6-25(2)43(56)68-51-18-26-7-27(19-51)17-50(62,16-26)23-51/h25-39,41-42,53,62H,3-24H2,1-2H3,(H,54,55). The first kappa shape index (κ1) is 46.6. The lowest BCUT2D eigenvalue weighted by Crippen LogP contribution is -2.60. The maximum Gasteiger partial charge on any atom is 0.312 e. The molecule has 0 amide bonds. The van der Waals surface area contributed by atoms with Gasteiger partial charge in [0.1, 0.15) is 30.0 Å². The van der Waals surface area contributed by atoms with Crippen LogP contribution in [0, 0.1) is 87.8 Å². The van der Waals surface area contributed by atoms with Gasteiger partial charge in [0, 0.05) is 30.3 Å². The Morgan fingerprint density at radius 3 is 1.99 bits per heavy atom. The van der Waals surface area contributed by atoms with Crippen molar-refractivity contribution in [1.82, 2.24) is 0 Å². The molecule has 12 aliphatic rings. The van der Waals surface area contributed by atoms with E-state index in [9.17, 15) is 48.9 Å². The van der Waals surface area contributed by atoms with Crippen molar-refractivity contribution in [3.05, 3.63) is 0 Å². The van der Waals surface area contributed by atoms with Crippen molar-refractivity contribution in [2.45, 2.75) is 178 Å². The number of fused-ring (bicyclic) bond motifs is 6. The number of aliphatic hydroxyl groups excluding tert-OH is 1. The van der Waals surface area contributed by atoms with Gasteiger partial charge in [-0.15, -0.1) is 0 Å². The third-order valence-electron chi connectivity index (χ3n) is 20.4. The number of ether oxygens (including phenoxy) is 6. The minimum absolute atomic E-state index is 0.00518. The molecule has 19 atom stereocenters. The van der Waals surface area contributed by atoms with E-state index in [1.807, 2.05) is 6.92 Å². The fourth-order valence-corrected chi connectivity index (χ4v) is 17.6. The molecule has 0 aromatic rings. The van der Waals surface area contributed by atoms with Crippen LogP contribution in [0.15, 0.2) is 0 Å². The maximum atomic E-state index is 14.8. The highest BCUT2D eigenvalue weighted by Crippen LogP contribution is 2.62. The Morgan fingerprint density at radius 2 is 1.38 bits per heavy atom. The molecule has 0 aromatic heterocycles. The molecular formula is C52H70O16. The van der Waals surface area contributed by atoms with Crippen LogP contribution in [-0.4, -0.2) is 106 Å². The number of aliphatic hydroxyl groups is 2. The zero-order chi connectivity index (χ0) is 47.7. The first-order chi connectivity index (χ1) is 32.4. The van der Waals surface area contributed by atoms with Gasteiger partial charge in [-0.25, -0.2) is 0 Å². The van der Waals surface area contributed by atoms with Gasteiger partial charge in [0.05, 0.1) is 53.6 Å². The summed E-state index contributed by atoms with van der Waals surface area (Å²) in [5.41, 5.74) is -2.92. The summed E-state index contributed by atoms with van der Waals surface area (Å²) in [4.78, 5) is 95.4. The summed E-state index contributed by atoms with van der Waals surface area (Å²) >= 11 is 0. The second kappa shape index (κ2) is 16.9. The lowest BCUT2D eigenvalue weighted by atomic mass is 9.52. The van der Waals surface area contributed by atoms with Crippen LogP contribution in [0.25, 0.3) is 0 Å². The van der Waals surface area contributed by atoms with Crippen LogP contribution in [-0.2, 0) is 62.0 Å². The van der Waals surface area contributed by atoms with E-state index in [1.165, 1.54) is 0 Å². The number of carboxylic acids is 1. The number of hydrogen-bond donors (Lipinski definition) is 3. The highest BCUT2D eigenvalue weighted by molar-refractivity contribution is 5.81.